The highest BCUT2D eigenvalue weighted by Gasteiger charge is 2.28. The molecule has 0 aliphatic heterocycles. The molecule has 0 aliphatic rings. The summed E-state index contributed by atoms with van der Waals surface area (Å²) in [4.78, 5) is 45.8. The first-order chi connectivity index (χ1) is 26.1. The number of carbonyl (C=O) groups excluding carboxylic acids is 2. The van der Waals surface area contributed by atoms with Crippen molar-refractivity contribution < 1.29 is 47.5 Å². The second-order valence-corrected chi connectivity index (χ2v) is 15.9. The van der Waals surface area contributed by atoms with E-state index in [9.17, 15) is 23.8 Å². The number of carbonyl (C=O) groups is 3. The van der Waals surface area contributed by atoms with Crippen LogP contribution < -0.4 is 5.73 Å². The van der Waals surface area contributed by atoms with Crippen LogP contribution in [-0.2, 0) is 37.5 Å². The summed E-state index contributed by atoms with van der Waals surface area (Å²) in [6.45, 7) is 2.75. The molecular formula is C42H78NO10P. The molecule has 0 rings (SSSR count). The van der Waals surface area contributed by atoms with Gasteiger partial charge < -0.3 is 25.2 Å². The summed E-state index contributed by atoms with van der Waals surface area (Å²) < 4.78 is 32.6. The molecule has 0 bridgehead atoms. The molecule has 0 fully saturated rings. The van der Waals surface area contributed by atoms with Crippen molar-refractivity contribution in [1.82, 2.24) is 0 Å². The van der Waals surface area contributed by atoms with Crippen molar-refractivity contribution in [1.29, 1.82) is 0 Å². The largest absolute Gasteiger partial charge is 0.480 e. The molecule has 0 aliphatic carbocycles. The molecule has 0 spiro atoms. The van der Waals surface area contributed by atoms with E-state index < -0.39 is 51.1 Å². The number of aliphatic carboxylic acids is 1. The topological polar surface area (TPSA) is 172 Å². The molecule has 0 saturated heterocycles. The van der Waals surface area contributed by atoms with Crippen LogP contribution in [0, 0.1) is 0 Å². The van der Waals surface area contributed by atoms with Gasteiger partial charge in [-0.25, -0.2) is 4.57 Å². The summed E-state index contributed by atoms with van der Waals surface area (Å²) in [7, 11) is -4.71. The number of phosphoric acid groups is 1. The third kappa shape index (κ3) is 36.9. The lowest BCUT2D eigenvalue weighted by atomic mass is 10.1. The summed E-state index contributed by atoms with van der Waals surface area (Å²) in [5, 5.41) is 8.87. The maximum atomic E-state index is 12.6. The van der Waals surface area contributed by atoms with E-state index >= 15 is 0 Å². The highest BCUT2D eigenvalue weighted by atomic mass is 31.2. The molecule has 12 heteroatoms. The van der Waals surface area contributed by atoms with Crippen molar-refractivity contribution in [2.24, 2.45) is 5.73 Å². The van der Waals surface area contributed by atoms with Crippen LogP contribution in [0.25, 0.3) is 0 Å². The molecule has 11 nitrogen and oxygen atoms in total. The van der Waals surface area contributed by atoms with E-state index in [4.69, 9.17) is 24.8 Å². The molecule has 54 heavy (non-hydrogen) atoms. The van der Waals surface area contributed by atoms with Crippen LogP contribution in [0.3, 0.4) is 0 Å². The van der Waals surface area contributed by atoms with E-state index in [0.717, 1.165) is 57.8 Å². The third-order valence-corrected chi connectivity index (χ3v) is 10.1. The molecule has 0 radical (unpaired) electrons. The van der Waals surface area contributed by atoms with Gasteiger partial charge in [0.05, 0.1) is 13.2 Å². The quantitative estimate of drug-likeness (QED) is 0.0233. The summed E-state index contributed by atoms with van der Waals surface area (Å²) >= 11 is 0. The molecule has 3 atom stereocenters. The van der Waals surface area contributed by atoms with E-state index in [2.05, 4.69) is 42.7 Å². The number of ether oxygens (including phenoxy) is 2. The molecule has 0 aromatic carbocycles. The van der Waals surface area contributed by atoms with Gasteiger partial charge in [-0.2, -0.15) is 0 Å². The highest BCUT2D eigenvalue weighted by molar-refractivity contribution is 7.47. The lowest BCUT2D eigenvalue weighted by molar-refractivity contribution is -0.161. The molecule has 1 unspecified atom stereocenters. The maximum absolute atomic E-state index is 12.6. The number of nitrogens with two attached hydrogens (primary N) is 1. The number of carboxylic acid groups (broad SMARTS) is 1. The van der Waals surface area contributed by atoms with Gasteiger partial charge in [0.15, 0.2) is 6.10 Å². The minimum absolute atomic E-state index is 0.152. The number of phosphoric ester groups is 1. The standard InChI is InChI=1S/C42H78NO10P/c1-3-5-7-9-11-13-15-16-17-18-19-20-21-22-24-25-27-29-31-33-40(44)50-35-38(36-51-54(48,49)52-37-39(43)42(46)47)53-41(45)34-32-30-28-26-23-14-12-10-8-6-4-2/h10,12,16-17,38-39H,3-9,11,13-15,18-37,43H2,1-2H3,(H,46,47)(H,48,49)/b12-10+,17-16+/t38-,39+/m0/s1. The number of allylic oxidation sites excluding steroid dienone is 4. The second kappa shape index (κ2) is 37.9. The van der Waals surface area contributed by atoms with Crippen LogP contribution in [-0.4, -0.2) is 59.9 Å². The monoisotopic (exact) mass is 788 g/mol. The average Bonchev–Trinajstić information content (AvgIpc) is 3.14. The number of carboxylic acids is 1. The number of hydrogen-bond acceptors (Lipinski definition) is 9. The smallest absolute Gasteiger partial charge is 0.472 e. The van der Waals surface area contributed by atoms with Crippen molar-refractivity contribution in [3.05, 3.63) is 24.3 Å². The number of rotatable bonds is 40. The predicted molar refractivity (Wildman–Crippen MR) is 217 cm³/mol. The fraction of sp³-hybridized carbons (Fsp3) is 0.833. The Bertz CT molecular complexity index is 1020. The van der Waals surface area contributed by atoms with Crippen molar-refractivity contribution in [3.8, 4) is 0 Å². The fourth-order valence-electron chi connectivity index (χ4n) is 5.75. The Balaban J connectivity index is 4.30. The minimum Gasteiger partial charge on any atom is -0.480 e. The van der Waals surface area contributed by atoms with Crippen LogP contribution in [0.5, 0.6) is 0 Å². The van der Waals surface area contributed by atoms with E-state index in [0.29, 0.717) is 12.8 Å². The molecule has 0 saturated carbocycles. The fourth-order valence-corrected chi connectivity index (χ4v) is 6.52. The van der Waals surface area contributed by atoms with Gasteiger partial charge in [0.1, 0.15) is 12.6 Å². The summed E-state index contributed by atoms with van der Waals surface area (Å²) in [6, 6.07) is -1.52. The lowest BCUT2D eigenvalue weighted by Gasteiger charge is -2.20. The van der Waals surface area contributed by atoms with Crippen LogP contribution in [0.15, 0.2) is 24.3 Å². The van der Waals surface area contributed by atoms with Crippen LogP contribution in [0.2, 0.25) is 0 Å². The van der Waals surface area contributed by atoms with E-state index in [1.54, 1.807) is 0 Å². The molecule has 316 valence electrons. The second-order valence-electron chi connectivity index (χ2n) is 14.5. The van der Waals surface area contributed by atoms with Crippen LogP contribution in [0.1, 0.15) is 194 Å². The summed E-state index contributed by atoms with van der Waals surface area (Å²) in [5.41, 5.74) is 5.32. The predicted octanol–water partition coefficient (Wildman–Crippen LogP) is 11.1. The Morgan fingerprint density at radius 2 is 0.944 bits per heavy atom. The molecule has 4 N–H and O–H groups in total. The number of esters is 2. The lowest BCUT2D eigenvalue weighted by Crippen LogP contribution is -2.34. The zero-order chi connectivity index (χ0) is 40.0. The first-order valence-electron chi connectivity index (χ1n) is 21.4. The van der Waals surface area contributed by atoms with Gasteiger partial charge in [-0.1, -0.05) is 147 Å². The SMILES string of the molecule is CCCC/C=C/CCCCCCCC(=O)O[C@@H](COC(=O)CCCCCCCCCCC/C=C/CCCCCCCC)COP(=O)(O)OC[C@@H](N)C(=O)O. The van der Waals surface area contributed by atoms with E-state index in [-0.39, 0.29) is 19.4 Å². The highest BCUT2D eigenvalue weighted by Crippen LogP contribution is 2.43. The normalized spacial score (nSPS) is 14.0. The Morgan fingerprint density at radius 3 is 1.41 bits per heavy atom. The van der Waals surface area contributed by atoms with Crippen LogP contribution in [0.4, 0.5) is 0 Å². The van der Waals surface area contributed by atoms with Gasteiger partial charge in [-0.15, -0.1) is 0 Å². The Labute approximate surface area is 328 Å². The maximum Gasteiger partial charge on any atom is 0.472 e. The first-order valence-corrected chi connectivity index (χ1v) is 22.9. The van der Waals surface area contributed by atoms with Crippen molar-refractivity contribution in [2.45, 2.75) is 206 Å². The van der Waals surface area contributed by atoms with Crippen LogP contribution >= 0.6 is 7.82 Å². The zero-order valence-electron chi connectivity index (χ0n) is 34.1. The van der Waals surface area contributed by atoms with Gasteiger partial charge in [-0.05, 0) is 57.8 Å². The minimum atomic E-state index is -4.71. The summed E-state index contributed by atoms with van der Waals surface area (Å²) in [6.07, 6.45) is 38.2. The third-order valence-electron chi connectivity index (χ3n) is 9.17. The Morgan fingerprint density at radius 1 is 0.556 bits per heavy atom. The molecule has 0 amide bonds. The number of hydrogen-bond donors (Lipinski definition) is 3. The Kier molecular flexibility index (Phi) is 36.4. The van der Waals surface area contributed by atoms with E-state index in [1.165, 1.54) is 96.3 Å². The molecule has 0 heterocycles. The van der Waals surface area contributed by atoms with Gasteiger partial charge in [0.2, 0.25) is 0 Å². The van der Waals surface area contributed by atoms with Crippen molar-refractivity contribution in [3.63, 3.8) is 0 Å². The van der Waals surface area contributed by atoms with Crippen molar-refractivity contribution in [2.75, 3.05) is 19.8 Å². The van der Waals surface area contributed by atoms with Gasteiger partial charge in [-0.3, -0.25) is 23.4 Å². The van der Waals surface area contributed by atoms with Gasteiger partial charge in [0.25, 0.3) is 0 Å². The zero-order valence-corrected chi connectivity index (χ0v) is 35.0. The molecule has 0 aromatic heterocycles. The summed E-state index contributed by atoms with van der Waals surface area (Å²) in [5.74, 6) is -2.39. The molecule has 0 aromatic rings. The Hall–Kier alpha value is -2.04. The van der Waals surface area contributed by atoms with Gasteiger partial charge >= 0.3 is 25.7 Å². The molecular weight excluding hydrogens is 709 g/mol. The van der Waals surface area contributed by atoms with Gasteiger partial charge in [0, 0.05) is 12.8 Å². The van der Waals surface area contributed by atoms with Crippen molar-refractivity contribution >= 4 is 25.7 Å². The first kappa shape index (κ1) is 52.0. The van der Waals surface area contributed by atoms with E-state index in [1.807, 2.05) is 0 Å². The average molecular weight is 788 g/mol. The number of unbranched alkanes of at least 4 members (excludes halogenated alkanes) is 22.